The lowest BCUT2D eigenvalue weighted by Crippen LogP contribution is -1.92. The van der Waals surface area contributed by atoms with Crippen molar-refractivity contribution in [2.45, 2.75) is 23.8 Å². The lowest BCUT2D eigenvalue weighted by molar-refractivity contribution is 1.12. The Balaban J connectivity index is 2.23. The molecule has 0 atom stereocenters. The molecule has 1 aromatic carbocycles. The standard InChI is InChI=1S/C13H14N2S/c1-9-3-5-11(6-4-9)16-13-12(14)7-10(2)8-15-13/h3-8H,14H2,1-2H3. The van der Waals surface area contributed by atoms with Crippen molar-refractivity contribution in [3.05, 3.63) is 47.7 Å². The maximum Gasteiger partial charge on any atom is 0.124 e. The van der Waals surface area contributed by atoms with E-state index in [4.69, 9.17) is 5.73 Å². The Morgan fingerprint density at radius 2 is 1.75 bits per heavy atom. The van der Waals surface area contributed by atoms with Crippen LogP contribution >= 0.6 is 11.8 Å². The molecule has 2 N–H and O–H groups in total. The molecule has 1 heterocycles. The van der Waals surface area contributed by atoms with E-state index in [9.17, 15) is 0 Å². The summed E-state index contributed by atoms with van der Waals surface area (Å²) < 4.78 is 0. The number of aromatic nitrogens is 1. The zero-order chi connectivity index (χ0) is 11.5. The van der Waals surface area contributed by atoms with E-state index in [2.05, 4.69) is 36.2 Å². The molecule has 0 saturated heterocycles. The van der Waals surface area contributed by atoms with Crippen LogP contribution in [0.2, 0.25) is 0 Å². The Hall–Kier alpha value is -1.48. The summed E-state index contributed by atoms with van der Waals surface area (Å²) in [5.74, 6) is 0. The molecule has 0 bridgehead atoms. The highest BCUT2D eigenvalue weighted by Crippen LogP contribution is 2.30. The normalized spacial score (nSPS) is 10.4. The Morgan fingerprint density at radius 1 is 1.06 bits per heavy atom. The SMILES string of the molecule is Cc1ccc(Sc2ncc(C)cc2N)cc1. The Kier molecular flexibility index (Phi) is 3.15. The Morgan fingerprint density at radius 3 is 2.38 bits per heavy atom. The van der Waals surface area contributed by atoms with E-state index in [-0.39, 0.29) is 0 Å². The fourth-order valence-corrected chi connectivity index (χ4v) is 2.16. The molecule has 2 nitrogen and oxygen atoms in total. The van der Waals surface area contributed by atoms with Crippen molar-refractivity contribution < 1.29 is 0 Å². The van der Waals surface area contributed by atoms with Crippen molar-refractivity contribution in [2.75, 3.05) is 5.73 Å². The van der Waals surface area contributed by atoms with Crippen LogP contribution < -0.4 is 5.73 Å². The maximum atomic E-state index is 5.92. The molecule has 0 unspecified atom stereocenters. The van der Waals surface area contributed by atoms with Gasteiger partial charge in [-0.1, -0.05) is 29.5 Å². The molecule has 0 aliphatic heterocycles. The lowest BCUT2D eigenvalue weighted by atomic mass is 10.2. The molecule has 16 heavy (non-hydrogen) atoms. The molecule has 0 spiro atoms. The third-order valence-electron chi connectivity index (χ3n) is 2.25. The molecular weight excluding hydrogens is 216 g/mol. The molecule has 1 aromatic heterocycles. The first-order valence-corrected chi connectivity index (χ1v) is 5.93. The van der Waals surface area contributed by atoms with Gasteiger partial charge in [0.2, 0.25) is 0 Å². The van der Waals surface area contributed by atoms with Gasteiger partial charge in [0.05, 0.1) is 5.69 Å². The summed E-state index contributed by atoms with van der Waals surface area (Å²) in [6, 6.07) is 10.3. The van der Waals surface area contributed by atoms with Gasteiger partial charge in [0.25, 0.3) is 0 Å². The van der Waals surface area contributed by atoms with Gasteiger partial charge < -0.3 is 5.73 Å². The predicted octanol–water partition coefficient (Wildman–Crippen LogP) is 3.43. The van der Waals surface area contributed by atoms with Gasteiger partial charge in [-0.05, 0) is 37.6 Å². The summed E-state index contributed by atoms with van der Waals surface area (Å²) in [7, 11) is 0. The molecule has 0 saturated carbocycles. The first-order valence-electron chi connectivity index (χ1n) is 5.12. The van der Waals surface area contributed by atoms with Gasteiger partial charge in [0.15, 0.2) is 0 Å². The molecule has 2 rings (SSSR count). The Labute approximate surface area is 99.9 Å². The van der Waals surface area contributed by atoms with Crippen molar-refractivity contribution in [1.29, 1.82) is 0 Å². The molecule has 0 fully saturated rings. The van der Waals surface area contributed by atoms with Crippen LogP contribution in [0, 0.1) is 13.8 Å². The third-order valence-corrected chi connectivity index (χ3v) is 3.29. The number of hydrogen-bond acceptors (Lipinski definition) is 3. The average Bonchev–Trinajstić information content (AvgIpc) is 2.25. The topological polar surface area (TPSA) is 38.9 Å². The number of aryl methyl sites for hydroxylation is 2. The maximum absolute atomic E-state index is 5.92. The van der Waals surface area contributed by atoms with Crippen LogP contribution in [0.3, 0.4) is 0 Å². The molecule has 0 aliphatic carbocycles. The predicted molar refractivity (Wildman–Crippen MR) is 68.7 cm³/mol. The minimum absolute atomic E-state index is 0.741. The van der Waals surface area contributed by atoms with E-state index in [0.717, 1.165) is 21.2 Å². The van der Waals surface area contributed by atoms with Crippen LogP contribution in [0.4, 0.5) is 5.69 Å². The summed E-state index contributed by atoms with van der Waals surface area (Å²) >= 11 is 1.60. The quantitative estimate of drug-likeness (QED) is 0.859. The number of nitrogens with two attached hydrogens (primary N) is 1. The number of hydrogen-bond donors (Lipinski definition) is 1. The zero-order valence-corrected chi connectivity index (χ0v) is 10.2. The van der Waals surface area contributed by atoms with Crippen LogP contribution in [-0.4, -0.2) is 4.98 Å². The highest BCUT2D eigenvalue weighted by molar-refractivity contribution is 7.99. The van der Waals surface area contributed by atoms with Crippen molar-refractivity contribution >= 4 is 17.4 Å². The smallest absolute Gasteiger partial charge is 0.124 e. The summed E-state index contributed by atoms with van der Waals surface area (Å²) in [5.41, 5.74) is 9.00. The molecule has 0 amide bonds. The monoisotopic (exact) mass is 230 g/mol. The number of rotatable bonds is 2. The minimum atomic E-state index is 0.741. The molecule has 3 heteroatoms. The van der Waals surface area contributed by atoms with E-state index in [1.165, 1.54) is 5.56 Å². The lowest BCUT2D eigenvalue weighted by Gasteiger charge is -2.05. The van der Waals surface area contributed by atoms with Gasteiger partial charge in [-0.3, -0.25) is 0 Å². The van der Waals surface area contributed by atoms with Crippen molar-refractivity contribution in [1.82, 2.24) is 4.98 Å². The summed E-state index contributed by atoms with van der Waals surface area (Å²) in [5, 5.41) is 0.870. The zero-order valence-electron chi connectivity index (χ0n) is 9.40. The van der Waals surface area contributed by atoms with Crippen molar-refractivity contribution in [2.24, 2.45) is 0 Å². The van der Waals surface area contributed by atoms with E-state index in [1.807, 2.05) is 19.2 Å². The molecule has 0 aliphatic rings. The molecular formula is C13H14N2S. The number of nitrogen functional groups attached to an aromatic ring is 1. The van der Waals surface area contributed by atoms with Crippen molar-refractivity contribution in [3.63, 3.8) is 0 Å². The van der Waals surface area contributed by atoms with E-state index in [1.54, 1.807) is 11.8 Å². The third kappa shape index (κ3) is 2.55. The van der Waals surface area contributed by atoms with Crippen LogP contribution in [0.15, 0.2) is 46.5 Å². The average molecular weight is 230 g/mol. The van der Waals surface area contributed by atoms with Gasteiger partial charge in [-0.25, -0.2) is 4.98 Å². The summed E-state index contributed by atoms with van der Waals surface area (Å²) in [4.78, 5) is 5.49. The second-order valence-electron chi connectivity index (χ2n) is 3.82. The Bertz CT molecular complexity index is 492. The first-order chi connectivity index (χ1) is 7.65. The molecule has 2 aromatic rings. The van der Waals surface area contributed by atoms with Crippen LogP contribution in [0.25, 0.3) is 0 Å². The van der Waals surface area contributed by atoms with Gasteiger partial charge in [0, 0.05) is 11.1 Å². The van der Waals surface area contributed by atoms with Gasteiger partial charge in [-0.2, -0.15) is 0 Å². The van der Waals surface area contributed by atoms with E-state index in [0.29, 0.717) is 0 Å². The van der Waals surface area contributed by atoms with Gasteiger partial charge in [0.1, 0.15) is 5.03 Å². The second-order valence-corrected chi connectivity index (χ2v) is 4.88. The molecule has 82 valence electrons. The second kappa shape index (κ2) is 4.58. The van der Waals surface area contributed by atoms with Crippen molar-refractivity contribution in [3.8, 4) is 0 Å². The summed E-state index contributed by atoms with van der Waals surface area (Å²) in [6.07, 6.45) is 1.84. The number of anilines is 1. The van der Waals surface area contributed by atoms with Crippen LogP contribution in [0.5, 0.6) is 0 Å². The minimum Gasteiger partial charge on any atom is -0.397 e. The fourth-order valence-electron chi connectivity index (χ4n) is 1.38. The molecule has 0 radical (unpaired) electrons. The largest absolute Gasteiger partial charge is 0.397 e. The first kappa shape index (κ1) is 11.0. The van der Waals surface area contributed by atoms with Gasteiger partial charge >= 0.3 is 0 Å². The fraction of sp³-hybridized carbons (Fsp3) is 0.154. The van der Waals surface area contributed by atoms with Gasteiger partial charge in [-0.15, -0.1) is 0 Å². The van der Waals surface area contributed by atoms with E-state index >= 15 is 0 Å². The van der Waals surface area contributed by atoms with Crippen LogP contribution in [0.1, 0.15) is 11.1 Å². The number of benzene rings is 1. The highest BCUT2D eigenvalue weighted by atomic mass is 32.2. The summed E-state index contributed by atoms with van der Waals surface area (Å²) in [6.45, 7) is 4.07. The van der Waals surface area contributed by atoms with Crippen LogP contribution in [-0.2, 0) is 0 Å². The number of nitrogens with zero attached hydrogens (tertiary/aromatic N) is 1. The van der Waals surface area contributed by atoms with E-state index < -0.39 is 0 Å². The highest BCUT2D eigenvalue weighted by Gasteiger charge is 2.03. The number of pyridine rings is 1.